The summed E-state index contributed by atoms with van der Waals surface area (Å²) >= 11 is 0. The van der Waals surface area contributed by atoms with Crippen molar-refractivity contribution in [1.29, 1.82) is 0 Å². The molecule has 2 unspecified atom stereocenters. The fourth-order valence-electron chi connectivity index (χ4n) is 3.10. The molecular weight excluding hydrogens is 312 g/mol. The molecular formula is C15H18N6O3. The molecule has 0 spiro atoms. The highest BCUT2D eigenvalue weighted by Gasteiger charge is 2.28. The fraction of sp³-hybridized carbons (Fsp3) is 0.400. The van der Waals surface area contributed by atoms with Crippen LogP contribution in [0.25, 0.3) is 5.69 Å². The molecule has 0 aliphatic heterocycles. The maximum Gasteiger partial charge on any atom is 0.295 e. The van der Waals surface area contributed by atoms with E-state index in [1.54, 1.807) is 6.07 Å². The molecule has 0 bridgehead atoms. The van der Waals surface area contributed by atoms with Crippen LogP contribution in [-0.2, 0) is 0 Å². The van der Waals surface area contributed by atoms with Gasteiger partial charge in [-0.1, -0.05) is 6.42 Å². The monoisotopic (exact) mass is 330 g/mol. The zero-order valence-corrected chi connectivity index (χ0v) is 13.0. The summed E-state index contributed by atoms with van der Waals surface area (Å²) < 4.78 is 1.29. The van der Waals surface area contributed by atoms with E-state index < -0.39 is 4.92 Å². The van der Waals surface area contributed by atoms with Gasteiger partial charge in [-0.2, -0.15) is 5.10 Å². The Hall–Kier alpha value is -2.81. The lowest BCUT2D eigenvalue weighted by atomic mass is 10.0. The number of amides is 1. The van der Waals surface area contributed by atoms with Crippen LogP contribution in [0.15, 0.2) is 30.9 Å². The first-order chi connectivity index (χ1) is 11.6. The number of carbonyl (C=O) groups is 1. The van der Waals surface area contributed by atoms with Crippen LogP contribution >= 0.6 is 0 Å². The summed E-state index contributed by atoms with van der Waals surface area (Å²) in [7, 11) is 0. The van der Waals surface area contributed by atoms with Crippen molar-refractivity contribution < 1.29 is 9.72 Å². The van der Waals surface area contributed by atoms with Crippen molar-refractivity contribution in [2.75, 3.05) is 6.54 Å². The summed E-state index contributed by atoms with van der Waals surface area (Å²) in [5.74, 6) is -0.0630. The number of hydrogen-bond acceptors (Lipinski definition) is 6. The molecule has 126 valence electrons. The number of nitro benzene ring substituents is 1. The van der Waals surface area contributed by atoms with Crippen LogP contribution in [0.4, 0.5) is 5.69 Å². The van der Waals surface area contributed by atoms with E-state index >= 15 is 0 Å². The van der Waals surface area contributed by atoms with Crippen LogP contribution in [0.5, 0.6) is 0 Å². The summed E-state index contributed by atoms with van der Waals surface area (Å²) in [4.78, 5) is 27.0. The number of nitrogens with zero attached hydrogens (tertiary/aromatic N) is 4. The van der Waals surface area contributed by atoms with Gasteiger partial charge in [-0.3, -0.25) is 14.9 Å². The quantitative estimate of drug-likeness (QED) is 0.622. The second-order valence-electron chi connectivity index (χ2n) is 5.81. The van der Waals surface area contributed by atoms with Gasteiger partial charge in [0.25, 0.3) is 11.6 Å². The molecule has 1 saturated carbocycles. The highest BCUT2D eigenvalue weighted by molar-refractivity contribution is 5.95. The maximum atomic E-state index is 12.4. The van der Waals surface area contributed by atoms with E-state index in [0.29, 0.717) is 6.54 Å². The Balaban J connectivity index is 1.85. The van der Waals surface area contributed by atoms with Crippen molar-refractivity contribution in [3.8, 4) is 5.69 Å². The van der Waals surface area contributed by atoms with Gasteiger partial charge in [0, 0.05) is 17.7 Å². The molecule has 1 aliphatic carbocycles. The Morgan fingerprint density at radius 3 is 2.96 bits per heavy atom. The smallest absolute Gasteiger partial charge is 0.295 e. The van der Waals surface area contributed by atoms with Gasteiger partial charge in [0.2, 0.25) is 0 Å². The van der Waals surface area contributed by atoms with Crippen molar-refractivity contribution in [2.24, 2.45) is 11.7 Å². The second kappa shape index (κ2) is 6.75. The Kier molecular flexibility index (Phi) is 4.52. The number of aromatic nitrogens is 3. The molecule has 1 aromatic carbocycles. The van der Waals surface area contributed by atoms with Crippen molar-refractivity contribution in [2.45, 2.75) is 25.3 Å². The molecule has 2 atom stereocenters. The van der Waals surface area contributed by atoms with Gasteiger partial charge in [0.1, 0.15) is 18.3 Å². The van der Waals surface area contributed by atoms with Crippen LogP contribution in [0.3, 0.4) is 0 Å². The van der Waals surface area contributed by atoms with Crippen molar-refractivity contribution in [3.63, 3.8) is 0 Å². The van der Waals surface area contributed by atoms with Gasteiger partial charge in [-0.05, 0) is 37.4 Å². The molecule has 2 aromatic rings. The third kappa shape index (κ3) is 3.11. The lowest BCUT2D eigenvalue weighted by molar-refractivity contribution is -0.384. The topological polar surface area (TPSA) is 129 Å². The first-order valence-corrected chi connectivity index (χ1v) is 7.74. The number of benzene rings is 1. The van der Waals surface area contributed by atoms with E-state index in [-0.39, 0.29) is 34.8 Å². The second-order valence-corrected chi connectivity index (χ2v) is 5.81. The van der Waals surface area contributed by atoms with E-state index in [0.717, 1.165) is 19.3 Å². The SMILES string of the molecule is NCC1CCCC1NC(=O)c1ccc(-n2cncn2)c([N+](=O)[O-])c1. The van der Waals surface area contributed by atoms with E-state index in [4.69, 9.17) is 5.73 Å². The minimum absolute atomic E-state index is 0.0246. The molecule has 0 saturated heterocycles. The van der Waals surface area contributed by atoms with Crippen LogP contribution in [0.2, 0.25) is 0 Å². The zero-order valence-electron chi connectivity index (χ0n) is 13.0. The van der Waals surface area contributed by atoms with E-state index in [1.807, 2.05) is 0 Å². The Labute approximate surface area is 138 Å². The number of rotatable bonds is 5. The molecule has 1 fully saturated rings. The number of carbonyl (C=O) groups excluding carboxylic acids is 1. The van der Waals surface area contributed by atoms with Gasteiger partial charge in [0.05, 0.1) is 4.92 Å². The molecule has 3 N–H and O–H groups in total. The molecule has 1 aromatic heterocycles. The molecule has 1 heterocycles. The molecule has 9 nitrogen and oxygen atoms in total. The first kappa shape index (κ1) is 16.1. The maximum absolute atomic E-state index is 12.4. The van der Waals surface area contributed by atoms with Crippen LogP contribution in [0.1, 0.15) is 29.6 Å². The molecule has 3 rings (SSSR count). The molecule has 1 amide bonds. The highest BCUT2D eigenvalue weighted by Crippen LogP contribution is 2.26. The number of hydrogen-bond donors (Lipinski definition) is 2. The Morgan fingerprint density at radius 1 is 1.46 bits per heavy atom. The van der Waals surface area contributed by atoms with Crippen LogP contribution in [0, 0.1) is 16.0 Å². The van der Waals surface area contributed by atoms with Gasteiger partial charge in [-0.15, -0.1) is 0 Å². The highest BCUT2D eigenvalue weighted by atomic mass is 16.6. The van der Waals surface area contributed by atoms with E-state index in [1.165, 1.54) is 29.5 Å². The summed E-state index contributed by atoms with van der Waals surface area (Å²) in [6, 6.07) is 4.33. The van der Waals surface area contributed by atoms with Crippen molar-refractivity contribution >= 4 is 11.6 Å². The third-order valence-corrected chi connectivity index (χ3v) is 4.38. The van der Waals surface area contributed by atoms with Gasteiger partial charge >= 0.3 is 0 Å². The van der Waals surface area contributed by atoms with Gasteiger partial charge in [0.15, 0.2) is 0 Å². The first-order valence-electron chi connectivity index (χ1n) is 7.74. The van der Waals surface area contributed by atoms with E-state index in [9.17, 15) is 14.9 Å². The zero-order chi connectivity index (χ0) is 17.1. The lowest BCUT2D eigenvalue weighted by Gasteiger charge is -2.19. The van der Waals surface area contributed by atoms with Crippen molar-refractivity contribution in [3.05, 3.63) is 46.5 Å². The normalized spacial score (nSPS) is 20.0. The van der Waals surface area contributed by atoms with Crippen molar-refractivity contribution in [1.82, 2.24) is 20.1 Å². The summed E-state index contributed by atoms with van der Waals surface area (Å²) in [6.07, 6.45) is 5.56. The predicted molar refractivity (Wildman–Crippen MR) is 85.7 cm³/mol. The third-order valence-electron chi connectivity index (χ3n) is 4.38. The Morgan fingerprint density at radius 2 is 2.29 bits per heavy atom. The standard InChI is InChI=1S/C15H18N6O3/c16-7-11-2-1-3-12(11)19-15(22)10-4-5-13(14(6-10)21(23)24)20-9-17-8-18-20/h4-6,8-9,11-12H,1-3,7,16H2,(H,19,22). The molecule has 24 heavy (non-hydrogen) atoms. The number of nitrogens with two attached hydrogens (primary N) is 1. The average molecular weight is 330 g/mol. The Bertz CT molecular complexity index is 746. The minimum Gasteiger partial charge on any atom is -0.349 e. The average Bonchev–Trinajstić information content (AvgIpc) is 3.25. The minimum atomic E-state index is -0.536. The summed E-state index contributed by atoms with van der Waals surface area (Å²) in [6.45, 7) is 0.524. The van der Waals surface area contributed by atoms with E-state index in [2.05, 4.69) is 15.4 Å². The molecule has 1 aliphatic rings. The number of nitrogens with one attached hydrogen (secondary N) is 1. The molecule has 9 heteroatoms. The van der Waals surface area contributed by atoms with Gasteiger partial charge in [-0.25, -0.2) is 9.67 Å². The molecule has 0 radical (unpaired) electrons. The fourth-order valence-corrected chi connectivity index (χ4v) is 3.10. The lowest BCUT2D eigenvalue weighted by Crippen LogP contribution is -2.39. The van der Waals surface area contributed by atoms with Crippen LogP contribution < -0.4 is 11.1 Å². The summed E-state index contributed by atoms with van der Waals surface area (Å²) in [5.41, 5.74) is 6.02. The number of nitro groups is 1. The largest absolute Gasteiger partial charge is 0.349 e. The summed E-state index contributed by atoms with van der Waals surface area (Å²) in [5, 5.41) is 18.2. The predicted octanol–water partition coefficient (Wildman–Crippen LogP) is 1.03. The van der Waals surface area contributed by atoms with Gasteiger partial charge < -0.3 is 11.1 Å². The van der Waals surface area contributed by atoms with Crippen LogP contribution in [-0.4, -0.2) is 38.2 Å².